The number of hydrogen-bond donors (Lipinski definition) is 0. The lowest BCUT2D eigenvalue weighted by Gasteiger charge is -2.44. The molecule has 82 valence electrons. The molecule has 1 spiro atoms. The van der Waals surface area contributed by atoms with Gasteiger partial charge in [0.2, 0.25) is 0 Å². The molecule has 0 bridgehead atoms. The number of carbonyl (C=O) groups excluding carboxylic acids is 2. The number of esters is 1. The van der Waals surface area contributed by atoms with Crippen LogP contribution < -0.4 is 0 Å². The number of ketones is 1. The molecule has 1 unspecified atom stereocenters. The summed E-state index contributed by atoms with van der Waals surface area (Å²) in [5, 5.41) is 0. The highest BCUT2D eigenvalue weighted by Gasteiger charge is 2.58. The number of hydrogen-bond acceptors (Lipinski definition) is 3. The normalized spacial score (nSPS) is 34.7. The molecule has 0 amide bonds. The molecule has 1 heterocycles. The maximum absolute atomic E-state index is 11.9. The van der Waals surface area contributed by atoms with Gasteiger partial charge in [-0.1, -0.05) is 6.58 Å². The van der Waals surface area contributed by atoms with Crippen LogP contribution in [-0.4, -0.2) is 17.4 Å². The van der Waals surface area contributed by atoms with Crippen LogP contribution in [-0.2, 0) is 14.3 Å². The Morgan fingerprint density at radius 3 is 2.53 bits per heavy atom. The van der Waals surface area contributed by atoms with E-state index < -0.39 is 11.0 Å². The van der Waals surface area contributed by atoms with Crippen molar-refractivity contribution in [3.63, 3.8) is 0 Å². The summed E-state index contributed by atoms with van der Waals surface area (Å²) in [5.74, 6) is -0.144. The van der Waals surface area contributed by atoms with Crippen LogP contribution in [0.2, 0.25) is 0 Å². The van der Waals surface area contributed by atoms with Crippen LogP contribution in [0.1, 0.15) is 39.5 Å². The summed E-state index contributed by atoms with van der Waals surface area (Å²) < 4.78 is 5.43. The van der Waals surface area contributed by atoms with Crippen molar-refractivity contribution >= 4 is 11.8 Å². The second kappa shape index (κ2) is 2.94. The minimum absolute atomic E-state index is 0.191. The van der Waals surface area contributed by atoms with Crippen molar-refractivity contribution in [1.29, 1.82) is 0 Å². The fourth-order valence-corrected chi connectivity index (χ4v) is 2.60. The third-order valence-electron chi connectivity index (χ3n) is 3.90. The van der Waals surface area contributed by atoms with Crippen molar-refractivity contribution in [2.75, 3.05) is 0 Å². The molecule has 15 heavy (non-hydrogen) atoms. The first kappa shape index (κ1) is 10.4. The Labute approximate surface area is 89.5 Å². The zero-order valence-corrected chi connectivity index (χ0v) is 9.26. The van der Waals surface area contributed by atoms with Gasteiger partial charge in [0, 0.05) is 18.4 Å². The van der Waals surface area contributed by atoms with Crippen LogP contribution in [0.15, 0.2) is 12.2 Å². The van der Waals surface area contributed by atoms with E-state index in [4.69, 9.17) is 4.74 Å². The van der Waals surface area contributed by atoms with E-state index >= 15 is 0 Å². The molecular formula is C12H16O3. The van der Waals surface area contributed by atoms with Gasteiger partial charge in [-0.25, -0.2) is 4.79 Å². The lowest BCUT2D eigenvalue weighted by atomic mass is 9.63. The molecule has 0 aromatic heterocycles. The third-order valence-corrected chi connectivity index (χ3v) is 3.90. The van der Waals surface area contributed by atoms with Gasteiger partial charge in [0.25, 0.3) is 0 Å². The second-order valence-electron chi connectivity index (χ2n) is 5.07. The van der Waals surface area contributed by atoms with Crippen LogP contribution in [0.25, 0.3) is 0 Å². The van der Waals surface area contributed by atoms with Gasteiger partial charge in [-0.15, -0.1) is 0 Å². The van der Waals surface area contributed by atoms with Crippen LogP contribution >= 0.6 is 0 Å². The average molecular weight is 208 g/mol. The first-order valence-electron chi connectivity index (χ1n) is 5.33. The Morgan fingerprint density at radius 1 is 1.33 bits per heavy atom. The quantitative estimate of drug-likeness (QED) is 0.452. The van der Waals surface area contributed by atoms with Gasteiger partial charge in [0.05, 0.1) is 5.41 Å². The van der Waals surface area contributed by atoms with E-state index in [9.17, 15) is 9.59 Å². The van der Waals surface area contributed by atoms with Gasteiger partial charge in [0.15, 0.2) is 0 Å². The van der Waals surface area contributed by atoms with E-state index in [2.05, 4.69) is 6.58 Å². The Hall–Kier alpha value is -1.12. The summed E-state index contributed by atoms with van der Waals surface area (Å²) in [6.45, 7) is 7.44. The van der Waals surface area contributed by atoms with Crippen molar-refractivity contribution in [1.82, 2.24) is 0 Å². The zero-order valence-electron chi connectivity index (χ0n) is 9.26. The Balaban J connectivity index is 2.39. The highest BCUT2D eigenvalue weighted by Crippen LogP contribution is 2.50. The van der Waals surface area contributed by atoms with E-state index in [0.717, 1.165) is 12.8 Å². The number of rotatable bonds is 0. The Morgan fingerprint density at radius 2 is 2.00 bits per heavy atom. The molecule has 0 aromatic rings. The molecule has 0 aromatic carbocycles. The van der Waals surface area contributed by atoms with Gasteiger partial charge in [-0.3, -0.25) is 4.79 Å². The van der Waals surface area contributed by atoms with Gasteiger partial charge in [-0.05, 0) is 26.7 Å². The minimum atomic E-state index is -0.615. The fraction of sp³-hybridized carbons (Fsp3) is 0.667. The van der Waals surface area contributed by atoms with Crippen LogP contribution in [0, 0.1) is 5.41 Å². The zero-order chi connectivity index (χ0) is 11.3. The van der Waals surface area contributed by atoms with E-state index in [-0.39, 0.29) is 11.8 Å². The monoisotopic (exact) mass is 208 g/mol. The Kier molecular flexibility index (Phi) is 2.04. The fourth-order valence-electron chi connectivity index (χ4n) is 2.60. The summed E-state index contributed by atoms with van der Waals surface area (Å²) in [5.41, 5.74) is -0.686. The average Bonchev–Trinajstić information content (AvgIpc) is 2.41. The second-order valence-corrected chi connectivity index (χ2v) is 5.07. The van der Waals surface area contributed by atoms with Crippen LogP contribution in [0.3, 0.4) is 0 Å². The molecule has 2 rings (SSSR count). The van der Waals surface area contributed by atoms with Gasteiger partial charge < -0.3 is 4.74 Å². The maximum Gasteiger partial charge on any atom is 0.334 e. The van der Waals surface area contributed by atoms with Gasteiger partial charge in [0.1, 0.15) is 11.4 Å². The molecule has 1 atom stereocenters. The number of ether oxygens (including phenoxy) is 1. The molecule has 1 saturated heterocycles. The molecule has 1 saturated carbocycles. The van der Waals surface area contributed by atoms with E-state index in [1.165, 1.54) is 0 Å². The predicted octanol–water partition coefficient (Wildman–Crippen LogP) is 2.01. The molecule has 1 aliphatic carbocycles. The third kappa shape index (κ3) is 1.25. The molecule has 1 aliphatic heterocycles. The molecule has 2 aliphatic rings. The van der Waals surface area contributed by atoms with Crippen molar-refractivity contribution in [2.45, 2.75) is 45.1 Å². The smallest absolute Gasteiger partial charge is 0.334 e. The Bertz CT molecular complexity index is 336. The summed E-state index contributed by atoms with van der Waals surface area (Å²) in [4.78, 5) is 23.3. The van der Waals surface area contributed by atoms with Crippen molar-refractivity contribution in [3.05, 3.63) is 12.2 Å². The predicted molar refractivity (Wildman–Crippen MR) is 55.2 cm³/mol. The summed E-state index contributed by atoms with van der Waals surface area (Å²) in [6, 6.07) is 0. The van der Waals surface area contributed by atoms with Crippen LogP contribution in [0.5, 0.6) is 0 Å². The molecule has 0 radical (unpaired) electrons. The SMILES string of the molecule is C=C1CC2(CCCC(=O)C2(C)C)OC1=O. The van der Waals surface area contributed by atoms with E-state index in [0.29, 0.717) is 18.4 Å². The molecule has 0 N–H and O–H groups in total. The van der Waals surface area contributed by atoms with Crippen molar-refractivity contribution in [3.8, 4) is 0 Å². The lowest BCUT2D eigenvalue weighted by Crippen LogP contribution is -2.52. The summed E-state index contributed by atoms with van der Waals surface area (Å²) >= 11 is 0. The van der Waals surface area contributed by atoms with E-state index in [1.54, 1.807) is 0 Å². The number of Topliss-reactive ketones (excluding diaryl/α,β-unsaturated/α-hetero) is 1. The maximum atomic E-state index is 11.9. The molecule has 3 heteroatoms. The van der Waals surface area contributed by atoms with Crippen LogP contribution in [0.4, 0.5) is 0 Å². The van der Waals surface area contributed by atoms with Gasteiger partial charge in [-0.2, -0.15) is 0 Å². The van der Waals surface area contributed by atoms with Crippen molar-refractivity contribution in [2.24, 2.45) is 5.41 Å². The topological polar surface area (TPSA) is 43.4 Å². The molecule has 3 nitrogen and oxygen atoms in total. The molecule has 2 fully saturated rings. The molecular weight excluding hydrogens is 192 g/mol. The van der Waals surface area contributed by atoms with Gasteiger partial charge >= 0.3 is 5.97 Å². The van der Waals surface area contributed by atoms with E-state index in [1.807, 2.05) is 13.8 Å². The standard InChI is InChI=1S/C12H16O3/c1-8-7-12(15-10(8)14)6-4-5-9(13)11(12,2)3/h1,4-7H2,2-3H3. The first-order valence-corrected chi connectivity index (χ1v) is 5.33. The minimum Gasteiger partial charge on any atom is -0.454 e. The highest BCUT2D eigenvalue weighted by atomic mass is 16.6. The summed E-state index contributed by atoms with van der Waals surface area (Å²) in [6.07, 6.45) is 2.68. The van der Waals surface area contributed by atoms with Crippen molar-refractivity contribution < 1.29 is 14.3 Å². The first-order chi connectivity index (χ1) is 6.89. The summed E-state index contributed by atoms with van der Waals surface area (Å²) in [7, 11) is 0. The number of carbonyl (C=O) groups is 2. The highest BCUT2D eigenvalue weighted by molar-refractivity contribution is 5.93. The lowest BCUT2D eigenvalue weighted by molar-refractivity contribution is -0.169. The largest absolute Gasteiger partial charge is 0.454 e.